The van der Waals surface area contributed by atoms with Gasteiger partial charge in [-0.2, -0.15) is 0 Å². The molecule has 1 atom stereocenters. The minimum Gasteiger partial charge on any atom is -0.334 e. The molecule has 0 aromatic heterocycles. The standard InChI is InChI=1S/C19H22N2O3S/c20-13-17-7-4-12-21(17)19(22)16-8-10-18(11-9-16)25(23,24)14-15-5-2-1-3-6-15/h1-3,5-6,8-11,17H,4,7,12-14,20H2/t17-/m1/s1. The quantitative estimate of drug-likeness (QED) is 0.889. The fourth-order valence-corrected chi connectivity index (χ4v) is 4.54. The van der Waals surface area contributed by atoms with Crippen molar-refractivity contribution in [2.75, 3.05) is 13.1 Å². The smallest absolute Gasteiger partial charge is 0.254 e. The molecule has 0 unspecified atom stereocenters. The highest BCUT2D eigenvalue weighted by atomic mass is 32.2. The van der Waals surface area contributed by atoms with E-state index < -0.39 is 9.84 Å². The zero-order chi connectivity index (χ0) is 17.9. The first-order valence-electron chi connectivity index (χ1n) is 8.39. The summed E-state index contributed by atoms with van der Waals surface area (Å²) >= 11 is 0. The molecular weight excluding hydrogens is 336 g/mol. The summed E-state index contributed by atoms with van der Waals surface area (Å²) in [4.78, 5) is 14.6. The Bertz CT molecular complexity index is 833. The molecular formula is C19H22N2O3S. The third-order valence-electron chi connectivity index (χ3n) is 4.57. The summed E-state index contributed by atoms with van der Waals surface area (Å²) in [6.45, 7) is 1.16. The van der Waals surface area contributed by atoms with Crippen LogP contribution < -0.4 is 5.73 Å². The first-order chi connectivity index (χ1) is 12.0. The van der Waals surface area contributed by atoms with Crippen molar-refractivity contribution in [2.45, 2.75) is 29.5 Å². The summed E-state index contributed by atoms with van der Waals surface area (Å²) in [5.74, 6) is -0.136. The summed E-state index contributed by atoms with van der Waals surface area (Å²) in [5, 5.41) is 0. The van der Waals surface area contributed by atoms with Crippen LogP contribution in [0.15, 0.2) is 59.5 Å². The van der Waals surface area contributed by atoms with E-state index in [0.29, 0.717) is 18.7 Å². The second kappa shape index (κ2) is 7.37. The Morgan fingerprint density at radius 3 is 2.40 bits per heavy atom. The molecule has 0 aliphatic carbocycles. The van der Waals surface area contributed by atoms with Crippen LogP contribution in [0.25, 0.3) is 0 Å². The van der Waals surface area contributed by atoms with Gasteiger partial charge < -0.3 is 10.6 Å². The summed E-state index contributed by atoms with van der Waals surface area (Å²) < 4.78 is 25.1. The molecule has 1 amide bonds. The number of hydrogen-bond acceptors (Lipinski definition) is 4. The second-order valence-corrected chi connectivity index (χ2v) is 8.29. The SMILES string of the molecule is NC[C@H]1CCCN1C(=O)c1ccc(S(=O)(=O)Cc2ccccc2)cc1. The average Bonchev–Trinajstić information content (AvgIpc) is 3.10. The van der Waals surface area contributed by atoms with E-state index in [-0.39, 0.29) is 22.6 Å². The van der Waals surface area contributed by atoms with Crippen LogP contribution >= 0.6 is 0 Å². The second-order valence-electron chi connectivity index (χ2n) is 6.30. The Balaban J connectivity index is 1.76. The molecule has 2 aromatic rings. The number of nitrogens with zero attached hydrogens (tertiary/aromatic N) is 1. The van der Waals surface area contributed by atoms with Gasteiger partial charge in [0.2, 0.25) is 0 Å². The number of likely N-dealkylation sites (tertiary alicyclic amines) is 1. The van der Waals surface area contributed by atoms with Gasteiger partial charge in [0.25, 0.3) is 5.91 Å². The van der Waals surface area contributed by atoms with Gasteiger partial charge in [-0.3, -0.25) is 4.79 Å². The first-order valence-corrected chi connectivity index (χ1v) is 10.0. The molecule has 0 spiro atoms. The van der Waals surface area contributed by atoms with Gasteiger partial charge in [-0.15, -0.1) is 0 Å². The molecule has 1 aliphatic rings. The van der Waals surface area contributed by atoms with Crippen LogP contribution in [0, 0.1) is 0 Å². The maximum atomic E-state index is 12.6. The number of carbonyl (C=O) groups is 1. The van der Waals surface area contributed by atoms with Gasteiger partial charge in [0.15, 0.2) is 9.84 Å². The van der Waals surface area contributed by atoms with Crippen molar-refractivity contribution in [1.82, 2.24) is 4.90 Å². The molecule has 0 saturated carbocycles. The normalized spacial score (nSPS) is 17.6. The Kier molecular flexibility index (Phi) is 5.20. The van der Waals surface area contributed by atoms with E-state index in [9.17, 15) is 13.2 Å². The average molecular weight is 358 g/mol. The maximum absolute atomic E-state index is 12.6. The molecule has 6 heteroatoms. The minimum absolute atomic E-state index is 0.0531. The highest BCUT2D eigenvalue weighted by Gasteiger charge is 2.28. The molecule has 1 heterocycles. The number of carbonyl (C=O) groups excluding carboxylic acids is 1. The summed E-state index contributed by atoms with van der Waals surface area (Å²) in [6.07, 6.45) is 1.88. The van der Waals surface area contributed by atoms with E-state index in [2.05, 4.69) is 0 Å². The Morgan fingerprint density at radius 1 is 1.08 bits per heavy atom. The van der Waals surface area contributed by atoms with Crippen molar-refractivity contribution in [3.8, 4) is 0 Å². The molecule has 1 fully saturated rings. The van der Waals surface area contributed by atoms with Gasteiger partial charge in [-0.1, -0.05) is 30.3 Å². The zero-order valence-electron chi connectivity index (χ0n) is 14.0. The van der Waals surface area contributed by atoms with E-state index >= 15 is 0 Å². The van der Waals surface area contributed by atoms with Crippen molar-refractivity contribution in [2.24, 2.45) is 5.73 Å². The molecule has 1 saturated heterocycles. The predicted octanol–water partition coefficient (Wildman–Crippen LogP) is 2.22. The van der Waals surface area contributed by atoms with Crippen LogP contribution in [0.5, 0.6) is 0 Å². The molecule has 3 rings (SSSR count). The summed E-state index contributed by atoms with van der Waals surface area (Å²) in [5.41, 5.74) is 6.96. The summed E-state index contributed by atoms with van der Waals surface area (Å²) in [6, 6.07) is 15.3. The fraction of sp³-hybridized carbons (Fsp3) is 0.316. The van der Waals surface area contributed by atoms with E-state index in [1.165, 1.54) is 12.1 Å². The predicted molar refractivity (Wildman–Crippen MR) is 96.9 cm³/mol. The monoisotopic (exact) mass is 358 g/mol. The lowest BCUT2D eigenvalue weighted by atomic mass is 10.1. The highest BCUT2D eigenvalue weighted by molar-refractivity contribution is 7.90. The molecule has 25 heavy (non-hydrogen) atoms. The Labute approximate surface area is 148 Å². The highest BCUT2D eigenvalue weighted by Crippen LogP contribution is 2.21. The number of amides is 1. The van der Waals surface area contributed by atoms with Crippen molar-refractivity contribution < 1.29 is 13.2 Å². The molecule has 132 valence electrons. The van der Waals surface area contributed by atoms with E-state index in [1.54, 1.807) is 29.2 Å². The van der Waals surface area contributed by atoms with Crippen LogP contribution in [0.4, 0.5) is 0 Å². The minimum atomic E-state index is -3.44. The van der Waals surface area contributed by atoms with Crippen molar-refractivity contribution in [3.63, 3.8) is 0 Å². The number of sulfone groups is 1. The van der Waals surface area contributed by atoms with E-state index in [1.807, 2.05) is 18.2 Å². The van der Waals surface area contributed by atoms with Gasteiger partial charge in [0.05, 0.1) is 10.6 Å². The van der Waals surface area contributed by atoms with Gasteiger partial charge in [-0.05, 0) is 42.7 Å². The molecule has 1 aliphatic heterocycles. The van der Waals surface area contributed by atoms with Crippen molar-refractivity contribution in [1.29, 1.82) is 0 Å². The molecule has 2 N–H and O–H groups in total. The molecule has 5 nitrogen and oxygen atoms in total. The number of rotatable bonds is 5. The van der Waals surface area contributed by atoms with E-state index in [4.69, 9.17) is 5.73 Å². The lowest BCUT2D eigenvalue weighted by molar-refractivity contribution is 0.0741. The first kappa shape index (κ1) is 17.6. The van der Waals surface area contributed by atoms with Gasteiger partial charge in [0.1, 0.15) is 0 Å². The zero-order valence-corrected chi connectivity index (χ0v) is 14.8. The van der Waals surface area contributed by atoms with Crippen LogP contribution in [-0.2, 0) is 15.6 Å². The van der Waals surface area contributed by atoms with Crippen LogP contribution in [0.3, 0.4) is 0 Å². The molecule has 0 bridgehead atoms. The van der Waals surface area contributed by atoms with Crippen LogP contribution in [0.1, 0.15) is 28.8 Å². The topological polar surface area (TPSA) is 80.5 Å². The van der Waals surface area contributed by atoms with Crippen molar-refractivity contribution >= 4 is 15.7 Å². The fourth-order valence-electron chi connectivity index (χ4n) is 3.20. The largest absolute Gasteiger partial charge is 0.334 e. The molecule has 0 radical (unpaired) electrons. The van der Waals surface area contributed by atoms with Gasteiger partial charge >= 0.3 is 0 Å². The molecule has 2 aromatic carbocycles. The number of nitrogens with two attached hydrogens (primary N) is 1. The van der Waals surface area contributed by atoms with Crippen LogP contribution in [-0.4, -0.2) is 38.4 Å². The third-order valence-corrected chi connectivity index (χ3v) is 6.27. The third kappa shape index (κ3) is 3.91. The van der Waals surface area contributed by atoms with Crippen molar-refractivity contribution in [3.05, 3.63) is 65.7 Å². The van der Waals surface area contributed by atoms with Gasteiger partial charge in [0, 0.05) is 24.7 Å². The number of benzene rings is 2. The maximum Gasteiger partial charge on any atom is 0.254 e. The Hall–Kier alpha value is -2.18. The van der Waals surface area contributed by atoms with Gasteiger partial charge in [-0.25, -0.2) is 8.42 Å². The Morgan fingerprint density at radius 2 is 1.76 bits per heavy atom. The summed E-state index contributed by atoms with van der Waals surface area (Å²) in [7, 11) is -3.44. The lowest BCUT2D eigenvalue weighted by Crippen LogP contribution is -2.39. The lowest BCUT2D eigenvalue weighted by Gasteiger charge is -2.23. The number of hydrogen-bond donors (Lipinski definition) is 1. The van der Waals surface area contributed by atoms with Crippen LogP contribution in [0.2, 0.25) is 0 Å². The van der Waals surface area contributed by atoms with E-state index in [0.717, 1.165) is 18.4 Å².